The number of nitrogens with zero attached hydrogens (tertiary/aromatic N) is 1. The Balaban J connectivity index is 1.70. The third kappa shape index (κ3) is 6.02. The predicted octanol–water partition coefficient (Wildman–Crippen LogP) is 2.65. The summed E-state index contributed by atoms with van der Waals surface area (Å²) in [5.41, 5.74) is 0.536. The fourth-order valence-electron chi connectivity index (χ4n) is 2.96. The summed E-state index contributed by atoms with van der Waals surface area (Å²) in [5, 5.41) is 3.37. The number of esters is 1. The van der Waals surface area contributed by atoms with Gasteiger partial charge >= 0.3 is 5.97 Å². The smallest absolute Gasteiger partial charge is 0.310 e. The molecule has 1 aliphatic heterocycles. The minimum atomic E-state index is -0.225. The number of rotatable bonds is 7. The van der Waals surface area contributed by atoms with E-state index in [2.05, 4.69) is 5.32 Å². The van der Waals surface area contributed by atoms with Crippen LogP contribution in [0.5, 0.6) is 0 Å². The number of carbonyl (C=O) groups is 3. The number of benzene rings is 1. The largest absolute Gasteiger partial charge is 0.466 e. The molecule has 1 aliphatic rings. The van der Waals surface area contributed by atoms with Crippen LogP contribution in [0.1, 0.15) is 43.0 Å². The standard InChI is InChI=1S/C19H25ClN2O4/c1-2-26-19(25)15-5-4-12-22(13-15)17(23)6-3-11-21-18(24)14-7-9-16(20)10-8-14/h7-10,15H,2-6,11-13H2,1H3,(H,21,24)/t15-/m0/s1. The zero-order valence-electron chi connectivity index (χ0n) is 15.0. The molecule has 1 atom stereocenters. The van der Waals surface area contributed by atoms with Gasteiger partial charge in [0.2, 0.25) is 5.91 Å². The van der Waals surface area contributed by atoms with E-state index in [4.69, 9.17) is 16.3 Å². The van der Waals surface area contributed by atoms with Crippen molar-refractivity contribution in [1.29, 1.82) is 0 Å². The van der Waals surface area contributed by atoms with Crippen LogP contribution in [0.4, 0.5) is 0 Å². The zero-order chi connectivity index (χ0) is 18.9. The van der Waals surface area contributed by atoms with E-state index in [9.17, 15) is 14.4 Å². The van der Waals surface area contributed by atoms with Gasteiger partial charge in [-0.2, -0.15) is 0 Å². The van der Waals surface area contributed by atoms with E-state index in [0.29, 0.717) is 49.7 Å². The minimum absolute atomic E-state index is 0.0136. The number of ether oxygens (including phenoxy) is 1. The predicted molar refractivity (Wildman–Crippen MR) is 99.0 cm³/mol. The van der Waals surface area contributed by atoms with E-state index in [-0.39, 0.29) is 23.7 Å². The fourth-order valence-corrected chi connectivity index (χ4v) is 3.09. The molecule has 0 unspecified atom stereocenters. The molecule has 7 heteroatoms. The van der Waals surface area contributed by atoms with Crippen LogP contribution in [0.25, 0.3) is 0 Å². The highest BCUT2D eigenvalue weighted by molar-refractivity contribution is 6.30. The molecular weight excluding hydrogens is 356 g/mol. The van der Waals surface area contributed by atoms with Crippen LogP contribution >= 0.6 is 11.6 Å². The van der Waals surface area contributed by atoms with Gasteiger partial charge in [0, 0.05) is 36.6 Å². The maximum absolute atomic E-state index is 12.3. The molecule has 1 saturated heterocycles. The molecule has 142 valence electrons. The van der Waals surface area contributed by atoms with Gasteiger partial charge in [-0.1, -0.05) is 11.6 Å². The number of likely N-dealkylation sites (tertiary alicyclic amines) is 1. The number of carbonyl (C=O) groups excluding carboxylic acids is 3. The summed E-state index contributed by atoms with van der Waals surface area (Å²) >= 11 is 5.80. The van der Waals surface area contributed by atoms with Gasteiger partial charge in [-0.3, -0.25) is 14.4 Å². The highest BCUT2D eigenvalue weighted by Gasteiger charge is 2.28. The maximum atomic E-state index is 12.3. The van der Waals surface area contributed by atoms with Crippen molar-refractivity contribution in [1.82, 2.24) is 10.2 Å². The van der Waals surface area contributed by atoms with E-state index in [1.54, 1.807) is 36.1 Å². The molecule has 2 amide bonds. The van der Waals surface area contributed by atoms with Crippen LogP contribution in [-0.4, -0.2) is 48.9 Å². The average molecular weight is 381 g/mol. The van der Waals surface area contributed by atoms with Crippen LogP contribution in [0.3, 0.4) is 0 Å². The number of hydrogen-bond donors (Lipinski definition) is 1. The molecule has 1 heterocycles. The minimum Gasteiger partial charge on any atom is -0.466 e. The first kappa shape index (κ1) is 20.2. The molecule has 1 aromatic carbocycles. The molecule has 2 rings (SSSR count). The van der Waals surface area contributed by atoms with Crippen molar-refractivity contribution in [2.45, 2.75) is 32.6 Å². The molecule has 0 radical (unpaired) electrons. The number of nitrogens with one attached hydrogen (secondary N) is 1. The number of hydrogen-bond acceptors (Lipinski definition) is 4. The van der Waals surface area contributed by atoms with Crippen LogP contribution in [0.2, 0.25) is 5.02 Å². The van der Waals surface area contributed by atoms with Crippen molar-refractivity contribution in [2.24, 2.45) is 5.92 Å². The normalized spacial score (nSPS) is 16.8. The van der Waals surface area contributed by atoms with Gasteiger partial charge < -0.3 is 15.0 Å². The van der Waals surface area contributed by atoms with Gasteiger partial charge in [0.05, 0.1) is 12.5 Å². The molecule has 6 nitrogen and oxygen atoms in total. The van der Waals surface area contributed by atoms with Crippen molar-refractivity contribution >= 4 is 29.4 Å². The van der Waals surface area contributed by atoms with E-state index in [1.165, 1.54) is 0 Å². The van der Waals surface area contributed by atoms with Crippen molar-refractivity contribution in [2.75, 3.05) is 26.2 Å². The topological polar surface area (TPSA) is 75.7 Å². The summed E-state index contributed by atoms with van der Waals surface area (Å²) in [6.07, 6.45) is 2.47. The van der Waals surface area contributed by atoms with Gasteiger partial charge in [-0.05, 0) is 50.5 Å². The highest BCUT2D eigenvalue weighted by atomic mass is 35.5. The van der Waals surface area contributed by atoms with Crippen LogP contribution in [0, 0.1) is 5.92 Å². The van der Waals surface area contributed by atoms with Crippen molar-refractivity contribution < 1.29 is 19.1 Å². The molecule has 1 N–H and O–H groups in total. The molecule has 0 spiro atoms. The number of amides is 2. The molecule has 0 saturated carbocycles. The lowest BCUT2D eigenvalue weighted by Crippen LogP contribution is -2.43. The quantitative estimate of drug-likeness (QED) is 0.582. The second kappa shape index (κ2) is 10.2. The second-order valence-corrected chi connectivity index (χ2v) is 6.73. The monoisotopic (exact) mass is 380 g/mol. The molecule has 26 heavy (non-hydrogen) atoms. The first-order valence-corrected chi connectivity index (χ1v) is 9.37. The van der Waals surface area contributed by atoms with Crippen LogP contribution in [0.15, 0.2) is 24.3 Å². The molecule has 1 aromatic rings. The summed E-state index contributed by atoms with van der Waals surface area (Å²) in [7, 11) is 0. The Kier molecular flexibility index (Phi) is 7.91. The van der Waals surface area contributed by atoms with Gasteiger partial charge in [0.1, 0.15) is 0 Å². The average Bonchev–Trinajstić information content (AvgIpc) is 2.65. The van der Waals surface area contributed by atoms with E-state index >= 15 is 0 Å². The van der Waals surface area contributed by atoms with Gasteiger partial charge in [0.15, 0.2) is 0 Å². The van der Waals surface area contributed by atoms with E-state index in [1.807, 2.05) is 0 Å². The summed E-state index contributed by atoms with van der Waals surface area (Å²) in [6.45, 7) is 3.65. The molecule has 0 aliphatic carbocycles. The highest BCUT2D eigenvalue weighted by Crippen LogP contribution is 2.19. The summed E-state index contributed by atoms with van der Waals surface area (Å²) in [6, 6.07) is 6.64. The third-order valence-electron chi connectivity index (χ3n) is 4.35. The Hall–Kier alpha value is -2.08. The first-order chi connectivity index (χ1) is 12.5. The van der Waals surface area contributed by atoms with Crippen LogP contribution in [-0.2, 0) is 14.3 Å². The van der Waals surface area contributed by atoms with Crippen LogP contribution < -0.4 is 5.32 Å². The number of halogens is 1. The Labute approximate surface area is 158 Å². The second-order valence-electron chi connectivity index (χ2n) is 6.30. The summed E-state index contributed by atoms with van der Waals surface area (Å²) in [4.78, 5) is 37.9. The van der Waals surface area contributed by atoms with Crippen molar-refractivity contribution in [3.63, 3.8) is 0 Å². The number of piperidine rings is 1. The van der Waals surface area contributed by atoms with Crippen molar-refractivity contribution in [3.05, 3.63) is 34.9 Å². The lowest BCUT2D eigenvalue weighted by Gasteiger charge is -2.31. The van der Waals surface area contributed by atoms with Gasteiger partial charge in [0.25, 0.3) is 5.91 Å². The fraction of sp³-hybridized carbons (Fsp3) is 0.526. The summed E-state index contributed by atoms with van der Waals surface area (Å²) < 4.78 is 5.05. The molecule has 1 fully saturated rings. The molecular formula is C19H25ClN2O4. The lowest BCUT2D eigenvalue weighted by atomic mass is 9.98. The van der Waals surface area contributed by atoms with Gasteiger partial charge in [-0.15, -0.1) is 0 Å². The van der Waals surface area contributed by atoms with Gasteiger partial charge in [-0.25, -0.2) is 0 Å². The Morgan fingerprint density at radius 3 is 2.69 bits per heavy atom. The SMILES string of the molecule is CCOC(=O)[C@H]1CCCN(C(=O)CCCNC(=O)c2ccc(Cl)cc2)C1. The Morgan fingerprint density at radius 1 is 1.27 bits per heavy atom. The third-order valence-corrected chi connectivity index (χ3v) is 4.61. The molecule has 0 aromatic heterocycles. The first-order valence-electron chi connectivity index (χ1n) is 8.99. The zero-order valence-corrected chi connectivity index (χ0v) is 15.8. The van der Waals surface area contributed by atoms with E-state index < -0.39 is 0 Å². The van der Waals surface area contributed by atoms with Crippen molar-refractivity contribution in [3.8, 4) is 0 Å². The summed E-state index contributed by atoms with van der Waals surface area (Å²) in [5.74, 6) is -0.619. The Morgan fingerprint density at radius 2 is 2.00 bits per heavy atom. The maximum Gasteiger partial charge on any atom is 0.310 e. The Bertz CT molecular complexity index is 633. The van der Waals surface area contributed by atoms with E-state index in [0.717, 1.165) is 12.8 Å². The lowest BCUT2D eigenvalue weighted by molar-refractivity contribution is -0.151. The molecule has 0 bridgehead atoms.